The lowest BCUT2D eigenvalue weighted by atomic mass is 9.88. The van der Waals surface area contributed by atoms with E-state index in [0.29, 0.717) is 66.4 Å². The van der Waals surface area contributed by atoms with Crippen molar-refractivity contribution in [1.82, 2.24) is 9.88 Å². The predicted octanol–water partition coefficient (Wildman–Crippen LogP) is 3.18. The number of benzene rings is 1. The van der Waals surface area contributed by atoms with Gasteiger partial charge in [-0.2, -0.15) is 0 Å². The summed E-state index contributed by atoms with van der Waals surface area (Å²) >= 11 is 0. The number of aromatic amines is 1. The van der Waals surface area contributed by atoms with E-state index < -0.39 is 5.97 Å². The zero-order valence-corrected chi connectivity index (χ0v) is 19.0. The van der Waals surface area contributed by atoms with Gasteiger partial charge in [0.2, 0.25) is 0 Å². The molecule has 1 saturated heterocycles. The average Bonchev–Trinajstić information content (AvgIpc) is 3.12. The second-order valence-corrected chi connectivity index (χ2v) is 7.91. The molecule has 0 unspecified atom stereocenters. The van der Waals surface area contributed by atoms with Gasteiger partial charge >= 0.3 is 5.97 Å². The zero-order valence-electron chi connectivity index (χ0n) is 19.0. The highest BCUT2D eigenvalue weighted by Gasteiger charge is 2.31. The molecule has 1 aliphatic rings. The van der Waals surface area contributed by atoms with E-state index in [4.69, 9.17) is 14.2 Å². The number of methoxy groups -OCH3 is 2. The first-order valence-corrected chi connectivity index (χ1v) is 10.7. The van der Waals surface area contributed by atoms with Gasteiger partial charge in [0.15, 0.2) is 5.78 Å². The van der Waals surface area contributed by atoms with Gasteiger partial charge in [0.05, 0.1) is 19.3 Å². The van der Waals surface area contributed by atoms with Gasteiger partial charge in [-0.3, -0.25) is 9.59 Å². The lowest BCUT2D eigenvalue weighted by Gasteiger charge is -2.31. The summed E-state index contributed by atoms with van der Waals surface area (Å²) in [6.07, 6.45) is 1.20. The lowest BCUT2D eigenvalue weighted by Crippen LogP contribution is -2.40. The van der Waals surface area contributed by atoms with Gasteiger partial charge in [-0.15, -0.1) is 0 Å². The number of ketones is 1. The van der Waals surface area contributed by atoms with E-state index in [-0.39, 0.29) is 24.2 Å². The van der Waals surface area contributed by atoms with Crippen LogP contribution in [0.25, 0.3) is 0 Å². The van der Waals surface area contributed by atoms with Crippen LogP contribution in [-0.2, 0) is 9.47 Å². The fourth-order valence-corrected chi connectivity index (χ4v) is 4.05. The zero-order chi connectivity index (χ0) is 23.3. The van der Waals surface area contributed by atoms with E-state index >= 15 is 0 Å². The van der Waals surface area contributed by atoms with Gasteiger partial charge in [-0.05, 0) is 56.5 Å². The number of nitrogens with zero attached hydrogens (tertiary/aromatic N) is 1. The molecular formula is C24H30N2O6. The maximum atomic E-state index is 13.1. The van der Waals surface area contributed by atoms with Crippen LogP contribution in [0.15, 0.2) is 24.3 Å². The number of amides is 1. The number of hydrogen-bond acceptors (Lipinski definition) is 6. The molecule has 2 heterocycles. The first-order valence-electron chi connectivity index (χ1n) is 10.7. The first-order chi connectivity index (χ1) is 15.4. The molecule has 3 rings (SSSR count). The Morgan fingerprint density at radius 3 is 2.28 bits per heavy atom. The van der Waals surface area contributed by atoms with E-state index in [2.05, 4.69) is 4.98 Å². The van der Waals surface area contributed by atoms with E-state index in [1.807, 2.05) is 0 Å². The van der Waals surface area contributed by atoms with E-state index in [9.17, 15) is 14.4 Å². The summed E-state index contributed by atoms with van der Waals surface area (Å²) in [6.45, 7) is 4.91. The third kappa shape index (κ3) is 5.02. The minimum atomic E-state index is -0.476. The Hall–Kier alpha value is -3.13. The fourth-order valence-electron chi connectivity index (χ4n) is 4.05. The van der Waals surface area contributed by atoms with Crippen molar-refractivity contribution < 1.29 is 28.6 Å². The van der Waals surface area contributed by atoms with Crippen molar-refractivity contribution in [2.75, 3.05) is 40.5 Å². The molecule has 0 saturated carbocycles. The molecule has 1 fully saturated rings. The number of hydrogen-bond donors (Lipinski definition) is 1. The van der Waals surface area contributed by atoms with Crippen LogP contribution in [0.4, 0.5) is 0 Å². The van der Waals surface area contributed by atoms with Gasteiger partial charge in [0.1, 0.15) is 18.1 Å². The predicted molar refractivity (Wildman–Crippen MR) is 118 cm³/mol. The maximum Gasteiger partial charge on any atom is 0.340 e. The molecule has 0 radical (unpaired) electrons. The fraction of sp³-hybridized carbons (Fsp3) is 0.458. The molecular weight excluding hydrogens is 412 g/mol. The van der Waals surface area contributed by atoms with Crippen LogP contribution in [-0.4, -0.2) is 68.1 Å². The number of aromatic nitrogens is 1. The van der Waals surface area contributed by atoms with Crippen LogP contribution in [0.5, 0.6) is 5.75 Å². The Kier molecular flexibility index (Phi) is 7.69. The van der Waals surface area contributed by atoms with Crippen LogP contribution in [0.2, 0.25) is 0 Å². The molecule has 8 nitrogen and oxygen atoms in total. The highest BCUT2D eigenvalue weighted by atomic mass is 16.6. The second-order valence-electron chi connectivity index (χ2n) is 7.91. The summed E-state index contributed by atoms with van der Waals surface area (Å²) in [5.74, 6) is 0.0338. The monoisotopic (exact) mass is 442 g/mol. The summed E-state index contributed by atoms with van der Waals surface area (Å²) in [5, 5.41) is 0. The smallest absolute Gasteiger partial charge is 0.340 e. The van der Waals surface area contributed by atoms with Crippen LogP contribution < -0.4 is 4.74 Å². The van der Waals surface area contributed by atoms with E-state index in [0.717, 1.165) is 0 Å². The average molecular weight is 443 g/mol. The van der Waals surface area contributed by atoms with Crippen molar-refractivity contribution in [3.05, 3.63) is 52.3 Å². The topological polar surface area (TPSA) is 97.9 Å². The highest BCUT2D eigenvalue weighted by molar-refractivity contribution is 6.01. The van der Waals surface area contributed by atoms with Crippen molar-refractivity contribution in [2.45, 2.75) is 26.7 Å². The molecule has 1 N–H and O–H groups in total. The lowest BCUT2D eigenvalue weighted by molar-refractivity contribution is 0.0386. The van der Waals surface area contributed by atoms with Crippen molar-refractivity contribution in [1.29, 1.82) is 0 Å². The molecule has 1 aromatic carbocycles. The minimum Gasteiger partial charge on any atom is -0.497 e. The van der Waals surface area contributed by atoms with Gasteiger partial charge in [0.25, 0.3) is 5.91 Å². The summed E-state index contributed by atoms with van der Waals surface area (Å²) in [7, 11) is 3.12. The van der Waals surface area contributed by atoms with E-state index in [1.54, 1.807) is 50.1 Å². The minimum absolute atomic E-state index is 0.0905. The molecule has 32 heavy (non-hydrogen) atoms. The molecule has 2 aromatic rings. The van der Waals surface area contributed by atoms with Crippen molar-refractivity contribution in [3.63, 3.8) is 0 Å². The molecule has 0 atom stereocenters. The van der Waals surface area contributed by atoms with Gasteiger partial charge in [0, 0.05) is 37.4 Å². The Labute approximate surface area is 187 Å². The second kappa shape index (κ2) is 10.5. The SMILES string of the molecule is COCCOC(=O)c1c(C)[nH]c(C(=O)N2CCC(C(=O)c3ccc(OC)cc3)CC2)c1C. The number of piperidine rings is 1. The number of ether oxygens (including phenoxy) is 3. The molecule has 1 amide bonds. The highest BCUT2D eigenvalue weighted by Crippen LogP contribution is 2.26. The Balaban J connectivity index is 1.63. The molecule has 172 valence electrons. The largest absolute Gasteiger partial charge is 0.497 e. The number of Topliss-reactive ketones (excluding diaryl/α,β-unsaturated/α-hetero) is 1. The van der Waals surface area contributed by atoms with Crippen molar-refractivity contribution in [3.8, 4) is 5.75 Å². The first kappa shape index (κ1) is 23.5. The molecule has 0 bridgehead atoms. The summed E-state index contributed by atoms with van der Waals surface area (Å²) < 4.78 is 15.3. The van der Waals surface area contributed by atoms with Crippen molar-refractivity contribution in [2.24, 2.45) is 5.92 Å². The number of aryl methyl sites for hydroxylation is 1. The Morgan fingerprint density at radius 1 is 1.03 bits per heavy atom. The van der Waals surface area contributed by atoms with Crippen LogP contribution in [0.1, 0.15) is 55.3 Å². The molecule has 0 spiro atoms. The number of carbonyl (C=O) groups is 3. The normalized spacial score (nSPS) is 14.3. The summed E-state index contributed by atoms with van der Waals surface area (Å²) in [6, 6.07) is 7.11. The summed E-state index contributed by atoms with van der Waals surface area (Å²) in [4.78, 5) is 43.1. The quantitative estimate of drug-likeness (QED) is 0.383. The van der Waals surface area contributed by atoms with Crippen molar-refractivity contribution >= 4 is 17.7 Å². The Bertz CT molecular complexity index is 971. The summed E-state index contributed by atoms with van der Waals surface area (Å²) in [5.41, 5.74) is 2.60. The third-order valence-corrected chi connectivity index (χ3v) is 5.90. The third-order valence-electron chi connectivity index (χ3n) is 5.90. The molecule has 1 aromatic heterocycles. The van der Waals surface area contributed by atoms with E-state index in [1.165, 1.54) is 7.11 Å². The van der Waals surface area contributed by atoms with Gasteiger partial charge in [-0.1, -0.05) is 0 Å². The Morgan fingerprint density at radius 2 is 1.69 bits per heavy atom. The standard InChI is InChI=1S/C24H30N2O6/c1-15-20(24(29)32-14-13-30-3)16(2)25-21(15)23(28)26-11-9-18(10-12-26)22(27)17-5-7-19(31-4)8-6-17/h5-8,18,25H,9-14H2,1-4H3. The van der Waals surface area contributed by atoms with Crippen LogP contribution in [0.3, 0.4) is 0 Å². The number of nitrogens with one attached hydrogen (secondary N) is 1. The van der Waals surface area contributed by atoms with Gasteiger partial charge < -0.3 is 24.1 Å². The number of esters is 1. The van der Waals surface area contributed by atoms with Gasteiger partial charge in [-0.25, -0.2) is 4.79 Å². The molecule has 8 heteroatoms. The number of carbonyl (C=O) groups excluding carboxylic acids is 3. The molecule has 0 aliphatic carbocycles. The number of rotatable bonds is 8. The van der Waals surface area contributed by atoms with Crippen LogP contribution >= 0.6 is 0 Å². The maximum absolute atomic E-state index is 13.1. The van der Waals surface area contributed by atoms with Crippen LogP contribution in [0, 0.1) is 19.8 Å². The number of H-pyrrole nitrogens is 1. The number of likely N-dealkylation sites (tertiary alicyclic amines) is 1. The molecule has 1 aliphatic heterocycles.